The Hall–Kier alpha value is -3.98. The number of carbonyl (C=O) groups is 1. The molecule has 1 fully saturated rings. The van der Waals surface area contributed by atoms with Crippen molar-refractivity contribution in [1.29, 1.82) is 0 Å². The number of rotatable bonds is 5. The molecule has 1 saturated heterocycles. The lowest BCUT2D eigenvalue weighted by molar-refractivity contribution is 0.0778. The van der Waals surface area contributed by atoms with E-state index in [0.717, 1.165) is 35.8 Å². The van der Waals surface area contributed by atoms with Crippen molar-refractivity contribution in [1.82, 2.24) is 19.4 Å². The maximum Gasteiger partial charge on any atom is 0.256 e. The SMILES string of the molecule is COC1CN(c2nc(-c3ccc(C(=O)Nc4ccccn4)cc3)c3c(N)nccn23)C1. The number of methoxy groups -OCH3 is 1. The van der Waals surface area contributed by atoms with Crippen molar-refractivity contribution in [3.05, 3.63) is 66.6 Å². The third-order valence-electron chi connectivity index (χ3n) is 5.36. The highest BCUT2D eigenvalue weighted by Crippen LogP contribution is 2.33. The van der Waals surface area contributed by atoms with Gasteiger partial charge in [0.15, 0.2) is 0 Å². The zero-order valence-electron chi connectivity index (χ0n) is 16.9. The number of nitrogens with one attached hydrogen (secondary N) is 1. The van der Waals surface area contributed by atoms with Gasteiger partial charge in [0.05, 0.1) is 6.10 Å². The molecule has 9 heteroatoms. The summed E-state index contributed by atoms with van der Waals surface area (Å²) < 4.78 is 7.33. The standard InChI is InChI=1S/C22H21N7O2/c1-31-16-12-28(13-16)22-27-18(19-20(23)25-10-11-29(19)22)14-5-7-15(8-6-14)21(30)26-17-4-2-3-9-24-17/h2-11,16H,12-13H2,1H3,(H2,23,25)(H,24,26,30). The van der Waals surface area contributed by atoms with Crippen LogP contribution in [-0.2, 0) is 4.74 Å². The van der Waals surface area contributed by atoms with Gasteiger partial charge < -0.3 is 20.7 Å². The summed E-state index contributed by atoms with van der Waals surface area (Å²) in [5.41, 5.74) is 9.03. The van der Waals surface area contributed by atoms with Gasteiger partial charge in [0.25, 0.3) is 5.91 Å². The fourth-order valence-corrected chi connectivity index (χ4v) is 3.63. The molecule has 3 aromatic heterocycles. The van der Waals surface area contributed by atoms with E-state index in [2.05, 4.69) is 20.2 Å². The second kappa shape index (κ2) is 7.69. The predicted molar refractivity (Wildman–Crippen MR) is 118 cm³/mol. The summed E-state index contributed by atoms with van der Waals surface area (Å²) >= 11 is 0. The summed E-state index contributed by atoms with van der Waals surface area (Å²) in [4.78, 5) is 27.9. The molecule has 1 aliphatic rings. The lowest BCUT2D eigenvalue weighted by atomic mass is 10.1. The van der Waals surface area contributed by atoms with E-state index in [0.29, 0.717) is 17.2 Å². The van der Waals surface area contributed by atoms with Gasteiger partial charge >= 0.3 is 0 Å². The molecule has 0 bridgehead atoms. The Labute approximate surface area is 178 Å². The highest BCUT2D eigenvalue weighted by Gasteiger charge is 2.31. The van der Waals surface area contributed by atoms with Crippen molar-refractivity contribution in [2.75, 3.05) is 36.1 Å². The van der Waals surface area contributed by atoms with E-state index >= 15 is 0 Å². The van der Waals surface area contributed by atoms with Crippen LogP contribution in [-0.4, -0.2) is 51.6 Å². The molecule has 0 spiro atoms. The second-order valence-corrected chi connectivity index (χ2v) is 7.30. The first-order valence-electron chi connectivity index (χ1n) is 9.87. The van der Waals surface area contributed by atoms with Gasteiger partial charge in [0, 0.05) is 49.9 Å². The minimum Gasteiger partial charge on any atom is -0.382 e. The quantitative estimate of drug-likeness (QED) is 0.515. The van der Waals surface area contributed by atoms with Crippen molar-refractivity contribution in [2.45, 2.75) is 6.10 Å². The number of ether oxygens (including phenoxy) is 1. The van der Waals surface area contributed by atoms with Gasteiger partial charge in [-0.2, -0.15) is 0 Å². The number of hydrogen-bond donors (Lipinski definition) is 2. The van der Waals surface area contributed by atoms with Gasteiger partial charge in [-0.15, -0.1) is 0 Å². The van der Waals surface area contributed by atoms with Crippen molar-refractivity contribution >= 4 is 29.0 Å². The lowest BCUT2D eigenvalue weighted by Crippen LogP contribution is -2.52. The number of benzene rings is 1. The molecule has 3 N–H and O–H groups in total. The fraction of sp³-hybridized carbons (Fsp3) is 0.182. The summed E-state index contributed by atoms with van der Waals surface area (Å²) in [6, 6.07) is 12.6. The Morgan fingerprint density at radius 2 is 1.94 bits per heavy atom. The summed E-state index contributed by atoms with van der Waals surface area (Å²) in [7, 11) is 1.71. The van der Waals surface area contributed by atoms with E-state index in [1.807, 2.05) is 28.8 Å². The van der Waals surface area contributed by atoms with Crippen LogP contribution in [0.15, 0.2) is 61.1 Å². The Balaban J connectivity index is 1.46. The summed E-state index contributed by atoms with van der Waals surface area (Å²) in [5.74, 6) is 1.47. The van der Waals surface area contributed by atoms with Gasteiger partial charge in [-0.25, -0.2) is 15.0 Å². The molecule has 0 saturated carbocycles. The molecule has 4 aromatic rings. The normalized spacial score (nSPS) is 13.9. The van der Waals surface area contributed by atoms with E-state index in [-0.39, 0.29) is 12.0 Å². The first-order valence-corrected chi connectivity index (χ1v) is 9.87. The number of amides is 1. The number of pyridine rings is 1. The van der Waals surface area contributed by atoms with E-state index in [1.54, 1.807) is 43.8 Å². The van der Waals surface area contributed by atoms with Gasteiger partial charge in [-0.05, 0) is 24.3 Å². The molecule has 9 nitrogen and oxygen atoms in total. The number of imidazole rings is 1. The fourth-order valence-electron chi connectivity index (χ4n) is 3.63. The molecule has 1 aliphatic heterocycles. The zero-order valence-corrected chi connectivity index (χ0v) is 16.9. The summed E-state index contributed by atoms with van der Waals surface area (Å²) in [6.07, 6.45) is 5.35. The molecule has 5 rings (SSSR count). The van der Waals surface area contributed by atoms with Crippen molar-refractivity contribution in [3.63, 3.8) is 0 Å². The maximum atomic E-state index is 12.5. The Bertz CT molecular complexity index is 1230. The molecular formula is C22H21N7O2. The Kier molecular flexibility index (Phi) is 4.72. The van der Waals surface area contributed by atoms with Gasteiger partial charge in [0.2, 0.25) is 5.95 Å². The number of nitrogens with zero attached hydrogens (tertiary/aromatic N) is 5. The number of hydrogen-bond acceptors (Lipinski definition) is 7. The third-order valence-corrected chi connectivity index (χ3v) is 5.36. The molecule has 0 radical (unpaired) electrons. The average molecular weight is 415 g/mol. The second-order valence-electron chi connectivity index (χ2n) is 7.30. The van der Waals surface area contributed by atoms with E-state index in [9.17, 15) is 4.79 Å². The number of nitrogen functional groups attached to an aromatic ring is 1. The summed E-state index contributed by atoms with van der Waals surface area (Å²) in [5, 5.41) is 2.78. The number of fused-ring (bicyclic) bond motifs is 1. The topological polar surface area (TPSA) is 111 Å². The first kappa shape index (κ1) is 19.0. The monoisotopic (exact) mass is 415 g/mol. The molecule has 31 heavy (non-hydrogen) atoms. The molecule has 1 aromatic carbocycles. The number of aromatic nitrogens is 4. The van der Waals surface area contributed by atoms with Crippen LogP contribution in [0.5, 0.6) is 0 Å². The molecule has 0 aliphatic carbocycles. The van der Waals surface area contributed by atoms with Crippen LogP contribution in [0.25, 0.3) is 16.8 Å². The van der Waals surface area contributed by atoms with Gasteiger partial charge in [-0.3, -0.25) is 9.20 Å². The Morgan fingerprint density at radius 1 is 1.13 bits per heavy atom. The van der Waals surface area contributed by atoms with Crippen LogP contribution in [0.3, 0.4) is 0 Å². The number of anilines is 3. The average Bonchev–Trinajstić information content (AvgIpc) is 3.14. The highest BCUT2D eigenvalue weighted by atomic mass is 16.5. The van der Waals surface area contributed by atoms with Gasteiger partial charge in [-0.1, -0.05) is 18.2 Å². The molecule has 0 atom stereocenters. The predicted octanol–water partition coefficient (Wildman–Crippen LogP) is 2.46. The number of carbonyl (C=O) groups excluding carboxylic acids is 1. The van der Waals surface area contributed by atoms with Crippen LogP contribution < -0.4 is 16.0 Å². The first-order chi connectivity index (χ1) is 15.1. The molecular weight excluding hydrogens is 394 g/mol. The minimum absolute atomic E-state index is 0.201. The smallest absolute Gasteiger partial charge is 0.256 e. The molecule has 1 amide bonds. The molecule has 4 heterocycles. The van der Waals surface area contributed by atoms with Crippen molar-refractivity contribution < 1.29 is 9.53 Å². The van der Waals surface area contributed by atoms with Crippen LogP contribution in [0.2, 0.25) is 0 Å². The Morgan fingerprint density at radius 3 is 2.65 bits per heavy atom. The largest absolute Gasteiger partial charge is 0.382 e. The maximum absolute atomic E-state index is 12.5. The van der Waals surface area contributed by atoms with Crippen molar-refractivity contribution in [3.8, 4) is 11.3 Å². The van der Waals surface area contributed by atoms with E-state index < -0.39 is 0 Å². The molecule has 0 unspecified atom stereocenters. The number of nitrogens with two attached hydrogens (primary N) is 1. The van der Waals surface area contributed by atoms with E-state index in [4.69, 9.17) is 15.5 Å². The van der Waals surface area contributed by atoms with Crippen molar-refractivity contribution in [2.24, 2.45) is 0 Å². The lowest BCUT2D eigenvalue weighted by Gasteiger charge is -2.38. The van der Waals surface area contributed by atoms with Crippen LogP contribution in [0.4, 0.5) is 17.6 Å². The zero-order chi connectivity index (χ0) is 21.4. The van der Waals surface area contributed by atoms with Gasteiger partial charge in [0.1, 0.15) is 22.8 Å². The highest BCUT2D eigenvalue weighted by molar-refractivity contribution is 6.04. The summed E-state index contributed by atoms with van der Waals surface area (Å²) in [6.45, 7) is 1.54. The van der Waals surface area contributed by atoms with Crippen LogP contribution >= 0.6 is 0 Å². The van der Waals surface area contributed by atoms with Crippen LogP contribution in [0, 0.1) is 0 Å². The van der Waals surface area contributed by atoms with E-state index in [1.165, 1.54) is 0 Å². The minimum atomic E-state index is -0.229. The third kappa shape index (κ3) is 3.44. The molecule has 156 valence electrons. The van der Waals surface area contributed by atoms with Crippen LogP contribution in [0.1, 0.15) is 10.4 Å².